The first-order valence-electron chi connectivity index (χ1n) is 10.1. The third-order valence-electron chi connectivity index (χ3n) is 5.18. The molecule has 3 N–H and O–H groups in total. The van der Waals surface area contributed by atoms with Crippen molar-refractivity contribution in [3.8, 4) is 0 Å². The van der Waals surface area contributed by atoms with Gasteiger partial charge in [-0.3, -0.25) is 14.6 Å². The molecule has 0 atom stereocenters. The molecule has 1 saturated carbocycles. The zero-order valence-electron chi connectivity index (χ0n) is 17.5. The van der Waals surface area contributed by atoms with Gasteiger partial charge in [0.25, 0.3) is 5.91 Å². The highest BCUT2D eigenvalue weighted by Crippen LogP contribution is 2.38. The number of aromatic nitrogens is 3. The standard InChI is InChI=1S/C22H18BrF3N6O2/c23-14-1-4-18(17(7-14)22(24,25)26)31-16-3-2-15(29-11-16)10-30-20(34)21(5-6-21)32-19(33)13-8-27-12-28-9-13/h1-4,7-9,11-12,31H,5-6,10H2,(H,30,34)(H,32,33). The number of halogens is 4. The van der Waals surface area contributed by atoms with Crippen LogP contribution < -0.4 is 16.0 Å². The van der Waals surface area contributed by atoms with Crippen LogP contribution in [0.3, 0.4) is 0 Å². The van der Waals surface area contributed by atoms with Gasteiger partial charge in [-0.05, 0) is 43.2 Å². The molecule has 3 aromatic rings. The normalized spacial score (nSPS) is 14.2. The van der Waals surface area contributed by atoms with Gasteiger partial charge in [0.2, 0.25) is 5.91 Å². The molecule has 1 aromatic carbocycles. The van der Waals surface area contributed by atoms with E-state index in [9.17, 15) is 22.8 Å². The van der Waals surface area contributed by atoms with Crippen LogP contribution in [0.2, 0.25) is 0 Å². The third-order valence-corrected chi connectivity index (χ3v) is 5.67. The highest BCUT2D eigenvalue weighted by atomic mass is 79.9. The fourth-order valence-corrected chi connectivity index (χ4v) is 3.56. The first kappa shape index (κ1) is 23.6. The molecule has 2 aromatic heterocycles. The molecule has 1 fully saturated rings. The van der Waals surface area contributed by atoms with Crippen LogP contribution in [-0.2, 0) is 17.5 Å². The van der Waals surface area contributed by atoms with Gasteiger partial charge >= 0.3 is 6.18 Å². The monoisotopic (exact) mass is 534 g/mol. The van der Waals surface area contributed by atoms with E-state index in [0.29, 0.717) is 28.7 Å². The Balaban J connectivity index is 1.35. The Morgan fingerprint density at radius 2 is 1.79 bits per heavy atom. The Morgan fingerprint density at radius 1 is 1.06 bits per heavy atom. The molecule has 12 heteroatoms. The summed E-state index contributed by atoms with van der Waals surface area (Å²) in [4.78, 5) is 36.7. The van der Waals surface area contributed by atoms with E-state index in [1.807, 2.05) is 0 Å². The van der Waals surface area contributed by atoms with Crippen LogP contribution in [0.25, 0.3) is 0 Å². The highest BCUT2D eigenvalue weighted by Gasteiger charge is 2.51. The second-order valence-corrected chi connectivity index (χ2v) is 8.61. The predicted octanol–water partition coefficient (Wildman–Crippen LogP) is 3.98. The summed E-state index contributed by atoms with van der Waals surface area (Å²) in [6, 6.07) is 6.99. The molecule has 2 amide bonds. The van der Waals surface area contributed by atoms with Crippen molar-refractivity contribution in [2.75, 3.05) is 5.32 Å². The molecule has 0 aliphatic heterocycles. The summed E-state index contributed by atoms with van der Waals surface area (Å²) in [5.74, 6) is -0.778. The zero-order chi connectivity index (χ0) is 24.3. The van der Waals surface area contributed by atoms with Gasteiger partial charge in [-0.1, -0.05) is 15.9 Å². The van der Waals surface area contributed by atoms with Crippen LogP contribution in [0, 0.1) is 0 Å². The van der Waals surface area contributed by atoms with Crippen LogP contribution in [0.5, 0.6) is 0 Å². The van der Waals surface area contributed by atoms with Crippen LogP contribution in [0.4, 0.5) is 24.5 Å². The summed E-state index contributed by atoms with van der Waals surface area (Å²) < 4.78 is 40.2. The van der Waals surface area contributed by atoms with Gasteiger partial charge in [-0.25, -0.2) is 9.97 Å². The topological polar surface area (TPSA) is 109 Å². The van der Waals surface area contributed by atoms with Crippen molar-refractivity contribution in [3.05, 3.63) is 76.5 Å². The Labute approximate surface area is 200 Å². The van der Waals surface area contributed by atoms with Gasteiger partial charge in [-0.15, -0.1) is 0 Å². The maximum Gasteiger partial charge on any atom is 0.418 e. The molecule has 8 nitrogen and oxygen atoms in total. The van der Waals surface area contributed by atoms with Crippen molar-refractivity contribution < 1.29 is 22.8 Å². The van der Waals surface area contributed by atoms with Gasteiger partial charge in [0.1, 0.15) is 11.9 Å². The summed E-state index contributed by atoms with van der Waals surface area (Å²) in [6.45, 7) is 0.0945. The van der Waals surface area contributed by atoms with Gasteiger partial charge in [0, 0.05) is 16.9 Å². The number of carbonyl (C=O) groups excluding carboxylic acids is 2. The fourth-order valence-electron chi connectivity index (χ4n) is 3.20. The summed E-state index contributed by atoms with van der Waals surface area (Å²) in [5, 5.41) is 8.18. The molecular formula is C22H18BrF3N6O2. The molecular weight excluding hydrogens is 517 g/mol. The SMILES string of the molecule is O=C(NC1(C(=O)NCc2ccc(Nc3ccc(Br)cc3C(F)(F)F)cn2)CC1)c1cncnc1. The van der Waals surface area contributed by atoms with Crippen LogP contribution in [0.15, 0.2) is 59.7 Å². The highest BCUT2D eigenvalue weighted by molar-refractivity contribution is 9.10. The van der Waals surface area contributed by atoms with Gasteiger partial charge < -0.3 is 16.0 Å². The second-order valence-electron chi connectivity index (χ2n) is 7.70. The van der Waals surface area contributed by atoms with Crippen molar-refractivity contribution in [1.82, 2.24) is 25.6 Å². The van der Waals surface area contributed by atoms with Crippen molar-refractivity contribution in [3.63, 3.8) is 0 Å². The van der Waals surface area contributed by atoms with E-state index >= 15 is 0 Å². The van der Waals surface area contributed by atoms with Gasteiger partial charge in [0.05, 0.1) is 40.9 Å². The predicted molar refractivity (Wildman–Crippen MR) is 120 cm³/mol. The zero-order valence-corrected chi connectivity index (χ0v) is 19.1. The number of anilines is 2. The molecule has 2 heterocycles. The third kappa shape index (κ3) is 5.50. The van der Waals surface area contributed by atoms with E-state index in [1.54, 1.807) is 12.1 Å². The number of alkyl halides is 3. The quantitative estimate of drug-likeness (QED) is 0.423. The summed E-state index contributed by atoms with van der Waals surface area (Å²) in [5.41, 5.74) is -0.774. The molecule has 0 bridgehead atoms. The van der Waals surface area contributed by atoms with Crippen molar-refractivity contribution in [2.45, 2.75) is 31.1 Å². The van der Waals surface area contributed by atoms with E-state index in [0.717, 1.165) is 6.07 Å². The number of hydrogen-bond acceptors (Lipinski definition) is 6. The van der Waals surface area contributed by atoms with Crippen LogP contribution in [-0.4, -0.2) is 32.3 Å². The minimum atomic E-state index is -4.52. The molecule has 4 rings (SSSR count). The lowest BCUT2D eigenvalue weighted by Crippen LogP contribution is -2.48. The molecule has 1 aliphatic rings. The van der Waals surface area contributed by atoms with E-state index in [1.165, 1.54) is 37.1 Å². The van der Waals surface area contributed by atoms with Crippen molar-refractivity contribution in [2.24, 2.45) is 0 Å². The number of rotatable bonds is 7. The minimum absolute atomic E-state index is 0.0945. The molecule has 0 saturated heterocycles. The molecule has 0 radical (unpaired) electrons. The Morgan fingerprint density at radius 3 is 2.41 bits per heavy atom. The number of carbonyl (C=O) groups is 2. The van der Waals surface area contributed by atoms with E-state index < -0.39 is 23.2 Å². The Hall–Kier alpha value is -3.54. The largest absolute Gasteiger partial charge is 0.418 e. The van der Waals surface area contributed by atoms with Crippen LogP contribution >= 0.6 is 15.9 Å². The van der Waals surface area contributed by atoms with Crippen molar-refractivity contribution in [1.29, 1.82) is 0 Å². The molecule has 0 spiro atoms. The van der Waals surface area contributed by atoms with E-state index in [4.69, 9.17) is 0 Å². The van der Waals surface area contributed by atoms with Gasteiger partial charge in [-0.2, -0.15) is 13.2 Å². The Bertz CT molecular complexity index is 1200. The lowest BCUT2D eigenvalue weighted by molar-refractivity contribution is -0.137. The average Bonchev–Trinajstić information content (AvgIpc) is 3.60. The van der Waals surface area contributed by atoms with E-state index in [2.05, 4.69) is 46.8 Å². The lowest BCUT2D eigenvalue weighted by atomic mass is 10.1. The maximum absolute atomic E-state index is 13.3. The maximum atomic E-state index is 13.3. The number of amides is 2. The molecule has 0 unspecified atom stereocenters. The average molecular weight is 535 g/mol. The first-order valence-corrected chi connectivity index (χ1v) is 10.9. The minimum Gasteiger partial charge on any atom is -0.354 e. The second kappa shape index (κ2) is 9.37. The summed E-state index contributed by atoms with van der Waals surface area (Å²) in [7, 11) is 0. The number of nitrogens with one attached hydrogen (secondary N) is 3. The molecule has 34 heavy (non-hydrogen) atoms. The summed E-state index contributed by atoms with van der Waals surface area (Å²) in [6.07, 6.45) is 1.90. The smallest absolute Gasteiger partial charge is 0.354 e. The fraction of sp³-hybridized carbons (Fsp3) is 0.227. The van der Waals surface area contributed by atoms with Crippen molar-refractivity contribution >= 4 is 39.1 Å². The number of nitrogens with zero attached hydrogens (tertiary/aromatic N) is 3. The molecule has 1 aliphatic carbocycles. The number of benzene rings is 1. The van der Waals surface area contributed by atoms with Crippen LogP contribution in [0.1, 0.15) is 34.5 Å². The number of pyridine rings is 1. The number of hydrogen-bond donors (Lipinski definition) is 3. The summed E-state index contributed by atoms with van der Waals surface area (Å²) >= 11 is 3.05. The Kier molecular flexibility index (Phi) is 6.51. The van der Waals surface area contributed by atoms with E-state index in [-0.39, 0.29) is 23.7 Å². The van der Waals surface area contributed by atoms with Gasteiger partial charge in [0.15, 0.2) is 0 Å². The molecule has 176 valence electrons. The lowest BCUT2D eigenvalue weighted by Gasteiger charge is -2.17. The first-order chi connectivity index (χ1) is 16.2.